The highest BCUT2D eigenvalue weighted by atomic mass is 16.5. The summed E-state index contributed by atoms with van der Waals surface area (Å²) in [6.07, 6.45) is 3.98. The zero-order chi connectivity index (χ0) is 17.9. The van der Waals surface area contributed by atoms with E-state index in [1.165, 1.54) is 5.39 Å². The second-order valence-electron chi connectivity index (χ2n) is 6.05. The van der Waals surface area contributed by atoms with Crippen LogP contribution in [0.2, 0.25) is 0 Å². The minimum Gasteiger partial charge on any atom is -0.506 e. The van der Waals surface area contributed by atoms with Crippen LogP contribution in [0.15, 0.2) is 66.7 Å². The van der Waals surface area contributed by atoms with Crippen molar-refractivity contribution in [3.8, 4) is 11.5 Å². The molecule has 1 N–H and O–H groups in total. The fourth-order valence-electron chi connectivity index (χ4n) is 3.14. The molecule has 0 unspecified atom stereocenters. The highest BCUT2D eigenvalue weighted by Gasteiger charge is 2.06. The van der Waals surface area contributed by atoms with Gasteiger partial charge in [-0.25, -0.2) is 4.98 Å². The maximum atomic E-state index is 10.0. The zero-order valence-corrected chi connectivity index (χ0v) is 14.5. The SMILES string of the molecule is CCOc1ccc2ccccc2c1C=Cc1ccc2cccc(O)c2n1. The number of aromatic nitrogens is 1. The summed E-state index contributed by atoms with van der Waals surface area (Å²) in [6, 6.07) is 21.7. The molecule has 1 aromatic heterocycles. The molecule has 3 aromatic carbocycles. The average molecular weight is 341 g/mol. The summed E-state index contributed by atoms with van der Waals surface area (Å²) in [5.41, 5.74) is 2.43. The Kier molecular flexibility index (Phi) is 4.28. The Morgan fingerprint density at radius 2 is 1.69 bits per heavy atom. The smallest absolute Gasteiger partial charge is 0.141 e. The number of hydrogen-bond acceptors (Lipinski definition) is 3. The molecular weight excluding hydrogens is 322 g/mol. The molecule has 0 saturated heterocycles. The van der Waals surface area contributed by atoms with Crippen LogP contribution in [0.4, 0.5) is 0 Å². The molecule has 0 atom stereocenters. The van der Waals surface area contributed by atoms with E-state index < -0.39 is 0 Å². The number of pyridine rings is 1. The summed E-state index contributed by atoms with van der Waals surface area (Å²) in [5, 5.41) is 13.3. The molecular formula is C23H19NO2. The van der Waals surface area contributed by atoms with Gasteiger partial charge in [0.2, 0.25) is 0 Å². The first-order chi connectivity index (χ1) is 12.8. The van der Waals surface area contributed by atoms with Gasteiger partial charge < -0.3 is 9.84 Å². The molecule has 4 rings (SSSR count). The first kappa shape index (κ1) is 16.2. The lowest BCUT2D eigenvalue weighted by molar-refractivity contribution is 0.340. The van der Waals surface area contributed by atoms with Gasteiger partial charge in [0.1, 0.15) is 17.0 Å². The standard InChI is InChI=1S/C23H19NO2/c1-2-26-22-15-11-16-6-3-4-8-19(16)20(22)14-13-18-12-10-17-7-5-9-21(25)23(17)24-18/h3-15,25H,2H2,1H3. The molecule has 128 valence electrons. The Morgan fingerprint density at radius 1 is 0.885 bits per heavy atom. The maximum Gasteiger partial charge on any atom is 0.141 e. The summed E-state index contributed by atoms with van der Waals surface area (Å²) < 4.78 is 5.81. The van der Waals surface area contributed by atoms with Crippen molar-refractivity contribution < 1.29 is 9.84 Å². The van der Waals surface area contributed by atoms with Crippen LogP contribution in [-0.4, -0.2) is 16.7 Å². The first-order valence-electron chi connectivity index (χ1n) is 8.67. The topological polar surface area (TPSA) is 42.4 Å². The van der Waals surface area contributed by atoms with E-state index in [1.807, 2.05) is 61.5 Å². The minimum absolute atomic E-state index is 0.193. The third-order valence-electron chi connectivity index (χ3n) is 4.37. The molecule has 0 aliphatic rings. The van der Waals surface area contributed by atoms with Crippen LogP contribution in [0.5, 0.6) is 11.5 Å². The van der Waals surface area contributed by atoms with Crippen LogP contribution in [0.25, 0.3) is 33.8 Å². The van der Waals surface area contributed by atoms with E-state index in [0.717, 1.165) is 27.8 Å². The Labute approximate surface area is 152 Å². The molecule has 0 aliphatic heterocycles. The first-order valence-corrected chi connectivity index (χ1v) is 8.67. The summed E-state index contributed by atoms with van der Waals surface area (Å²) in [4.78, 5) is 4.57. The van der Waals surface area contributed by atoms with Crippen molar-refractivity contribution in [2.75, 3.05) is 6.61 Å². The highest BCUT2D eigenvalue weighted by Crippen LogP contribution is 2.30. The van der Waals surface area contributed by atoms with Crippen LogP contribution in [0, 0.1) is 0 Å². The molecule has 0 aliphatic carbocycles. The molecule has 0 spiro atoms. The number of phenols is 1. The Balaban J connectivity index is 1.81. The quantitative estimate of drug-likeness (QED) is 0.520. The van der Waals surface area contributed by atoms with Gasteiger partial charge in [0, 0.05) is 10.9 Å². The van der Waals surface area contributed by atoms with Gasteiger partial charge in [-0.1, -0.05) is 48.5 Å². The van der Waals surface area contributed by atoms with Crippen molar-refractivity contribution >= 4 is 33.8 Å². The Bertz CT molecular complexity index is 1120. The van der Waals surface area contributed by atoms with Crippen molar-refractivity contribution in [2.24, 2.45) is 0 Å². The molecule has 0 fully saturated rings. The monoisotopic (exact) mass is 341 g/mol. The van der Waals surface area contributed by atoms with Crippen molar-refractivity contribution in [1.29, 1.82) is 0 Å². The summed E-state index contributed by atoms with van der Waals surface area (Å²) in [5.74, 6) is 1.05. The normalized spacial score (nSPS) is 11.4. The van der Waals surface area contributed by atoms with Gasteiger partial charge in [-0.15, -0.1) is 0 Å². The zero-order valence-electron chi connectivity index (χ0n) is 14.5. The molecule has 3 heteroatoms. The predicted octanol–water partition coefficient (Wildman–Crippen LogP) is 5.66. The predicted molar refractivity (Wildman–Crippen MR) is 107 cm³/mol. The van der Waals surface area contributed by atoms with E-state index in [9.17, 15) is 5.11 Å². The molecule has 1 heterocycles. The van der Waals surface area contributed by atoms with Crippen LogP contribution < -0.4 is 4.74 Å². The van der Waals surface area contributed by atoms with Crippen LogP contribution in [-0.2, 0) is 0 Å². The number of rotatable bonds is 4. The van der Waals surface area contributed by atoms with E-state index in [4.69, 9.17) is 4.74 Å². The van der Waals surface area contributed by atoms with Crippen molar-refractivity contribution in [3.05, 3.63) is 78.0 Å². The second-order valence-corrected chi connectivity index (χ2v) is 6.05. The van der Waals surface area contributed by atoms with Gasteiger partial charge in [0.25, 0.3) is 0 Å². The fraction of sp³-hybridized carbons (Fsp3) is 0.0870. The minimum atomic E-state index is 0.193. The number of aromatic hydroxyl groups is 1. The summed E-state index contributed by atoms with van der Waals surface area (Å²) in [6.45, 7) is 2.59. The number of hydrogen-bond donors (Lipinski definition) is 1. The van der Waals surface area contributed by atoms with Crippen LogP contribution >= 0.6 is 0 Å². The molecule has 3 nitrogen and oxygen atoms in total. The van der Waals surface area contributed by atoms with Gasteiger partial charge >= 0.3 is 0 Å². The summed E-state index contributed by atoms with van der Waals surface area (Å²) >= 11 is 0. The third-order valence-corrected chi connectivity index (χ3v) is 4.37. The molecule has 4 aromatic rings. The third kappa shape index (κ3) is 3.00. The number of phenolic OH excluding ortho intramolecular Hbond substituents is 1. The van der Waals surface area contributed by atoms with Crippen LogP contribution in [0.3, 0.4) is 0 Å². The van der Waals surface area contributed by atoms with E-state index >= 15 is 0 Å². The lowest BCUT2D eigenvalue weighted by Gasteiger charge is -2.10. The Morgan fingerprint density at radius 3 is 2.58 bits per heavy atom. The number of para-hydroxylation sites is 1. The van der Waals surface area contributed by atoms with Gasteiger partial charge in [0.05, 0.1) is 12.3 Å². The van der Waals surface area contributed by atoms with E-state index in [-0.39, 0.29) is 5.75 Å². The second kappa shape index (κ2) is 6.89. The number of benzene rings is 3. The van der Waals surface area contributed by atoms with E-state index in [0.29, 0.717) is 12.1 Å². The molecule has 0 amide bonds. The van der Waals surface area contributed by atoms with Gasteiger partial charge in [-0.3, -0.25) is 0 Å². The van der Waals surface area contributed by atoms with Gasteiger partial charge in [-0.2, -0.15) is 0 Å². The fourth-order valence-corrected chi connectivity index (χ4v) is 3.14. The highest BCUT2D eigenvalue weighted by molar-refractivity contribution is 5.95. The molecule has 0 radical (unpaired) electrons. The van der Waals surface area contributed by atoms with E-state index in [1.54, 1.807) is 6.07 Å². The number of fused-ring (bicyclic) bond motifs is 2. The molecule has 26 heavy (non-hydrogen) atoms. The lowest BCUT2D eigenvalue weighted by Crippen LogP contribution is -1.94. The van der Waals surface area contributed by atoms with E-state index in [2.05, 4.69) is 23.2 Å². The molecule has 0 saturated carbocycles. The van der Waals surface area contributed by atoms with Crippen molar-refractivity contribution in [2.45, 2.75) is 6.92 Å². The van der Waals surface area contributed by atoms with Gasteiger partial charge in [-0.05, 0) is 48.0 Å². The number of ether oxygens (including phenoxy) is 1. The van der Waals surface area contributed by atoms with Crippen molar-refractivity contribution in [3.63, 3.8) is 0 Å². The summed E-state index contributed by atoms with van der Waals surface area (Å²) in [7, 11) is 0. The Hall–Kier alpha value is -3.33. The largest absolute Gasteiger partial charge is 0.506 e. The van der Waals surface area contributed by atoms with Gasteiger partial charge in [0.15, 0.2) is 0 Å². The average Bonchev–Trinajstić information content (AvgIpc) is 2.68. The maximum absolute atomic E-state index is 10.0. The lowest BCUT2D eigenvalue weighted by atomic mass is 10.0. The number of nitrogens with zero attached hydrogens (tertiary/aromatic N) is 1. The van der Waals surface area contributed by atoms with Crippen LogP contribution in [0.1, 0.15) is 18.2 Å². The van der Waals surface area contributed by atoms with Crippen molar-refractivity contribution in [1.82, 2.24) is 4.98 Å². The molecule has 0 bridgehead atoms.